The van der Waals surface area contributed by atoms with Crippen molar-refractivity contribution >= 4 is 17.5 Å². The number of rotatable bonds is 8. The van der Waals surface area contributed by atoms with Crippen molar-refractivity contribution in [1.29, 1.82) is 0 Å². The Hall–Kier alpha value is -2.00. The average molecular weight is 376 g/mol. The molecule has 1 rings (SSSR count). The van der Waals surface area contributed by atoms with E-state index in [0.717, 1.165) is 11.1 Å². The molecule has 0 fully saturated rings. The zero-order valence-electron chi connectivity index (χ0n) is 16.6. The van der Waals surface area contributed by atoms with Gasteiger partial charge in [0.2, 0.25) is 0 Å². The first-order valence-electron chi connectivity index (χ1n) is 8.83. The van der Waals surface area contributed by atoms with Gasteiger partial charge in [0.15, 0.2) is 5.60 Å². The standard InChI is InChI=1S/C22H30ClNO2/c1-8-10-11-18(9-2)16(4)17(5)24-21(25)22(6,7)26-20-13-15(3)12-19(23)14-20/h8-14,16-17H,1H2,2-7H3,(H,24,25)/b11-10-,18-9+/t16?,17-/m0/s1. The van der Waals surface area contributed by atoms with E-state index in [2.05, 4.69) is 18.8 Å². The summed E-state index contributed by atoms with van der Waals surface area (Å²) in [6, 6.07) is 5.38. The molecule has 0 aromatic heterocycles. The first kappa shape index (κ1) is 22.0. The quantitative estimate of drug-likeness (QED) is 0.597. The predicted molar refractivity (Wildman–Crippen MR) is 111 cm³/mol. The van der Waals surface area contributed by atoms with Crippen LogP contribution in [0.5, 0.6) is 5.75 Å². The number of halogens is 1. The van der Waals surface area contributed by atoms with Crippen molar-refractivity contribution in [1.82, 2.24) is 5.32 Å². The molecule has 0 heterocycles. The van der Waals surface area contributed by atoms with Gasteiger partial charge in [-0.05, 0) is 64.0 Å². The molecule has 1 N–H and O–H groups in total. The van der Waals surface area contributed by atoms with Crippen LogP contribution in [-0.4, -0.2) is 17.6 Å². The molecule has 1 unspecified atom stereocenters. The molecule has 0 spiro atoms. The maximum atomic E-state index is 12.8. The van der Waals surface area contributed by atoms with Crippen LogP contribution >= 0.6 is 11.6 Å². The van der Waals surface area contributed by atoms with Gasteiger partial charge in [-0.25, -0.2) is 0 Å². The van der Waals surface area contributed by atoms with E-state index in [1.807, 2.05) is 51.1 Å². The van der Waals surface area contributed by atoms with Gasteiger partial charge in [-0.15, -0.1) is 0 Å². The van der Waals surface area contributed by atoms with Gasteiger partial charge in [0, 0.05) is 17.0 Å². The predicted octanol–water partition coefficient (Wildman–Crippen LogP) is 5.64. The molecule has 1 amide bonds. The number of amides is 1. The van der Waals surface area contributed by atoms with Gasteiger partial charge >= 0.3 is 0 Å². The second-order valence-electron chi connectivity index (χ2n) is 7.01. The van der Waals surface area contributed by atoms with Gasteiger partial charge < -0.3 is 10.1 Å². The van der Waals surface area contributed by atoms with E-state index in [1.54, 1.807) is 26.0 Å². The highest BCUT2D eigenvalue weighted by atomic mass is 35.5. The Kier molecular flexibility index (Phi) is 8.16. The monoisotopic (exact) mass is 375 g/mol. The fourth-order valence-electron chi connectivity index (χ4n) is 2.59. The number of hydrogen-bond donors (Lipinski definition) is 1. The third-order valence-corrected chi connectivity index (χ3v) is 4.55. The highest BCUT2D eigenvalue weighted by Crippen LogP contribution is 2.25. The number of nitrogens with one attached hydrogen (secondary N) is 1. The number of ether oxygens (including phenoxy) is 1. The molecule has 1 aromatic carbocycles. The number of carbonyl (C=O) groups excluding carboxylic acids is 1. The smallest absolute Gasteiger partial charge is 0.263 e. The van der Waals surface area contributed by atoms with E-state index < -0.39 is 5.60 Å². The lowest BCUT2D eigenvalue weighted by atomic mass is 9.92. The summed E-state index contributed by atoms with van der Waals surface area (Å²) < 4.78 is 5.92. The van der Waals surface area contributed by atoms with Gasteiger partial charge in [0.05, 0.1) is 0 Å². The third kappa shape index (κ3) is 6.38. The van der Waals surface area contributed by atoms with Gasteiger partial charge in [0.1, 0.15) is 5.75 Å². The number of benzene rings is 1. The summed E-state index contributed by atoms with van der Waals surface area (Å²) in [6.45, 7) is 15.2. The zero-order valence-corrected chi connectivity index (χ0v) is 17.4. The summed E-state index contributed by atoms with van der Waals surface area (Å²) in [4.78, 5) is 12.8. The summed E-state index contributed by atoms with van der Waals surface area (Å²) in [5.74, 6) is 0.570. The summed E-state index contributed by atoms with van der Waals surface area (Å²) in [6.07, 6.45) is 7.69. The van der Waals surface area contributed by atoms with Crippen LogP contribution in [0.2, 0.25) is 5.02 Å². The minimum absolute atomic E-state index is 0.0489. The SMILES string of the molecule is C=C/C=C\C(=C/C)C(C)[C@H](C)NC(=O)C(C)(C)Oc1cc(C)cc(Cl)c1. The molecule has 0 saturated carbocycles. The first-order chi connectivity index (χ1) is 12.1. The van der Waals surface area contributed by atoms with Crippen molar-refractivity contribution in [2.75, 3.05) is 0 Å². The van der Waals surface area contributed by atoms with Gasteiger partial charge in [-0.2, -0.15) is 0 Å². The van der Waals surface area contributed by atoms with E-state index in [4.69, 9.17) is 16.3 Å². The molecule has 142 valence electrons. The summed E-state index contributed by atoms with van der Waals surface area (Å²) in [5.41, 5.74) is 1.11. The fourth-order valence-corrected chi connectivity index (χ4v) is 2.87. The minimum Gasteiger partial charge on any atom is -0.478 e. The maximum absolute atomic E-state index is 12.8. The molecule has 3 nitrogen and oxygen atoms in total. The molecular weight excluding hydrogens is 346 g/mol. The van der Waals surface area contributed by atoms with Crippen molar-refractivity contribution in [3.8, 4) is 5.75 Å². The first-order valence-corrected chi connectivity index (χ1v) is 9.21. The average Bonchev–Trinajstić information content (AvgIpc) is 2.53. The molecule has 0 aliphatic carbocycles. The van der Waals surface area contributed by atoms with Crippen LogP contribution in [0.3, 0.4) is 0 Å². The third-order valence-electron chi connectivity index (χ3n) is 4.33. The molecule has 0 saturated heterocycles. The van der Waals surface area contributed by atoms with Gasteiger partial charge in [-0.3, -0.25) is 4.79 Å². The van der Waals surface area contributed by atoms with E-state index in [0.29, 0.717) is 10.8 Å². The normalized spacial score (nSPS) is 14.8. The van der Waals surface area contributed by atoms with Crippen molar-refractivity contribution in [3.63, 3.8) is 0 Å². The summed E-state index contributed by atoms with van der Waals surface area (Å²) >= 11 is 6.08. The fraction of sp³-hybridized carbons (Fsp3) is 0.409. The number of aryl methyl sites for hydroxylation is 1. The minimum atomic E-state index is -1.02. The van der Waals surface area contributed by atoms with Crippen LogP contribution in [-0.2, 0) is 4.79 Å². The van der Waals surface area contributed by atoms with E-state index in [-0.39, 0.29) is 17.9 Å². The molecule has 4 heteroatoms. The maximum Gasteiger partial charge on any atom is 0.263 e. The molecule has 1 aromatic rings. The van der Waals surface area contributed by atoms with E-state index in [1.165, 1.54) is 0 Å². The Labute approximate surface area is 162 Å². The van der Waals surface area contributed by atoms with Crippen molar-refractivity contribution in [2.24, 2.45) is 5.92 Å². The van der Waals surface area contributed by atoms with Crippen LogP contribution in [0.25, 0.3) is 0 Å². The molecule has 0 radical (unpaired) electrons. The molecule has 0 bridgehead atoms. The van der Waals surface area contributed by atoms with Crippen molar-refractivity contribution in [3.05, 3.63) is 65.2 Å². The number of carbonyl (C=O) groups is 1. The second-order valence-corrected chi connectivity index (χ2v) is 7.45. The lowest BCUT2D eigenvalue weighted by molar-refractivity contribution is -0.135. The lowest BCUT2D eigenvalue weighted by Crippen LogP contribution is -2.51. The zero-order chi connectivity index (χ0) is 19.9. The van der Waals surface area contributed by atoms with Crippen LogP contribution < -0.4 is 10.1 Å². The lowest BCUT2D eigenvalue weighted by Gasteiger charge is -2.30. The molecular formula is C22H30ClNO2. The van der Waals surface area contributed by atoms with E-state index in [9.17, 15) is 4.79 Å². The van der Waals surface area contributed by atoms with Gasteiger partial charge in [0.25, 0.3) is 5.91 Å². The Morgan fingerprint density at radius 3 is 2.50 bits per heavy atom. The summed E-state index contributed by atoms with van der Waals surface area (Å²) in [7, 11) is 0. The molecule has 0 aliphatic rings. The Bertz CT molecular complexity index is 684. The highest BCUT2D eigenvalue weighted by Gasteiger charge is 2.32. The largest absolute Gasteiger partial charge is 0.478 e. The topological polar surface area (TPSA) is 38.3 Å². The number of hydrogen-bond acceptors (Lipinski definition) is 2. The van der Waals surface area contributed by atoms with E-state index >= 15 is 0 Å². The van der Waals surface area contributed by atoms with Crippen LogP contribution in [0, 0.1) is 12.8 Å². The summed E-state index contributed by atoms with van der Waals surface area (Å²) in [5, 5.41) is 3.65. The van der Waals surface area contributed by atoms with Crippen LogP contribution in [0.15, 0.2) is 54.7 Å². The molecule has 2 atom stereocenters. The highest BCUT2D eigenvalue weighted by molar-refractivity contribution is 6.30. The Balaban J connectivity index is 2.83. The van der Waals surface area contributed by atoms with Gasteiger partial charge in [-0.1, -0.05) is 49.4 Å². The Morgan fingerprint density at radius 2 is 1.96 bits per heavy atom. The second kappa shape index (κ2) is 9.63. The Morgan fingerprint density at radius 1 is 1.31 bits per heavy atom. The van der Waals surface area contributed by atoms with Crippen LogP contribution in [0.1, 0.15) is 40.2 Å². The van der Waals surface area contributed by atoms with Crippen molar-refractivity contribution in [2.45, 2.75) is 53.2 Å². The van der Waals surface area contributed by atoms with Crippen LogP contribution in [0.4, 0.5) is 0 Å². The molecule has 0 aliphatic heterocycles. The van der Waals surface area contributed by atoms with Crippen molar-refractivity contribution < 1.29 is 9.53 Å². The molecule has 26 heavy (non-hydrogen) atoms. The number of allylic oxidation sites excluding steroid dienone is 4.